The number of benzene rings is 1. The fourth-order valence-corrected chi connectivity index (χ4v) is 6.29. The number of carbonyl (C=O) groups excluding carboxylic acids is 2. The summed E-state index contributed by atoms with van der Waals surface area (Å²) in [6.07, 6.45) is 9.08. The Bertz CT molecular complexity index is 1130. The molecule has 1 aromatic carbocycles. The van der Waals surface area contributed by atoms with E-state index in [1.165, 1.54) is 17.8 Å². The number of carboxylic acid groups (broad SMARTS) is 1. The molecule has 1 aliphatic rings. The van der Waals surface area contributed by atoms with Gasteiger partial charge in [0.2, 0.25) is 0 Å². The monoisotopic (exact) mass is 512 g/mol. The molecule has 3 amide bonds. The molecule has 0 spiro atoms. The standard InChI is InChI=1S/C27H36N4O4S/c1-26(2,3)27(24(33)34,19-9-5-4-6-10-19)30-15-7-8-17-11-13-18(14-12-17)21-16-20(22(28)32)23(36-21)31-25(29)35/h7-8,11-14,16,19,30H,4-6,9-10,15H2,1-3H3,(H2,28,32)(H,33,34)(H3,29,31,35)/t27-/m1/s1. The fraction of sp³-hybridized carbons (Fsp3) is 0.444. The van der Waals surface area contributed by atoms with Crippen LogP contribution in [0.4, 0.5) is 9.80 Å². The molecule has 0 radical (unpaired) electrons. The van der Waals surface area contributed by atoms with Gasteiger partial charge in [0, 0.05) is 11.4 Å². The number of rotatable bonds is 9. The maximum Gasteiger partial charge on any atom is 0.324 e. The van der Waals surface area contributed by atoms with Crippen molar-refractivity contribution < 1.29 is 19.5 Å². The van der Waals surface area contributed by atoms with Crippen LogP contribution in [0.2, 0.25) is 0 Å². The molecule has 1 saturated carbocycles. The van der Waals surface area contributed by atoms with Gasteiger partial charge in [0.1, 0.15) is 10.5 Å². The van der Waals surface area contributed by atoms with Crippen LogP contribution in [0.5, 0.6) is 0 Å². The van der Waals surface area contributed by atoms with Crippen LogP contribution in [0.25, 0.3) is 16.5 Å². The highest BCUT2D eigenvalue weighted by Crippen LogP contribution is 2.43. The van der Waals surface area contributed by atoms with Crippen LogP contribution in [0.3, 0.4) is 0 Å². The summed E-state index contributed by atoms with van der Waals surface area (Å²) < 4.78 is 0. The van der Waals surface area contributed by atoms with E-state index >= 15 is 0 Å². The van der Waals surface area contributed by atoms with Crippen molar-refractivity contribution >= 4 is 40.3 Å². The second-order valence-corrected chi connectivity index (χ2v) is 11.4. The molecule has 1 heterocycles. The Balaban J connectivity index is 1.73. The molecule has 8 nitrogen and oxygen atoms in total. The van der Waals surface area contributed by atoms with Gasteiger partial charge in [0.25, 0.3) is 5.91 Å². The van der Waals surface area contributed by atoms with Crippen molar-refractivity contribution in [3.63, 3.8) is 0 Å². The van der Waals surface area contributed by atoms with Gasteiger partial charge in [-0.15, -0.1) is 11.3 Å². The van der Waals surface area contributed by atoms with E-state index in [0.717, 1.165) is 41.7 Å². The Labute approximate surface area is 216 Å². The average Bonchev–Trinajstić information content (AvgIpc) is 3.22. The number of hydrogen-bond donors (Lipinski definition) is 5. The molecular weight excluding hydrogens is 476 g/mol. The molecule has 0 aliphatic heterocycles. The SMILES string of the molecule is CC(C)(C)[C@](NCC=Cc1ccc(-c2cc(C(N)=O)c(NC(N)=O)s2)cc1)(C(=O)O)C1CCCCC1. The van der Waals surface area contributed by atoms with Crippen LogP contribution in [-0.2, 0) is 4.79 Å². The third-order valence-corrected chi connectivity index (χ3v) is 8.08. The van der Waals surface area contributed by atoms with Crippen LogP contribution in [0, 0.1) is 11.3 Å². The first-order valence-electron chi connectivity index (χ1n) is 12.2. The topological polar surface area (TPSA) is 148 Å². The van der Waals surface area contributed by atoms with Crippen molar-refractivity contribution in [2.75, 3.05) is 11.9 Å². The molecule has 3 rings (SSSR count). The molecule has 1 aromatic heterocycles. The zero-order valence-corrected chi connectivity index (χ0v) is 21.9. The van der Waals surface area contributed by atoms with E-state index in [1.807, 2.05) is 57.2 Å². The van der Waals surface area contributed by atoms with Crippen molar-refractivity contribution in [3.8, 4) is 10.4 Å². The van der Waals surface area contributed by atoms with Crippen molar-refractivity contribution in [1.29, 1.82) is 0 Å². The number of thiophene rings is 1. The lowest BCUT2D eigenvalue weighted by molar-refractivity contribution is -0.155. The number of carboxylic acids is 1. The van der Waals surface area contributed by atoms with E-state index in [0.29, 0.717) is 11.5 Å². The Morgan fingerprint density at radius 2 is 1.72 bits per heavy atom. The summed E-state index contributed by atoms with van der Waals surface area (Å²) in [7, 11) is 0. The molecule has 1 fully saturated rings. The molecule has 0 bridgehead atoms. The molecule has 1 aliphatic carbocycles. The highest BCUT2D eigenvalue weighted by atomic mass is 32.1. The Kier molecular flexibility index (Phi) is 8.58. The molecule has 36 heavy (non-hydrogen) atoms. The molecule has 9 heteroatoms. The minimum atomic E-state index is -0.990. The quantitative estimate of drug-likeness (QED) is 0.319. The van der Waals surface area contributed by atoms with Gasteiger partial charge in [0.05, 0.1) is 5.56 Å². The first kappa shape index (κ1) is 27.4. The number of hydrogen-bond acceptors (Lipinski definition) is 5. The maximum absolute atomic E-state index is 12.6. The van der Waals surface area contributed by atoms with Crippen molar-refractivity contribution in [1.82, 2.24) is 5.32 Å². The van der Waals surface area contributed by atoms with E-state index in [-0.39, 0.29) is 11.5 Å². The van der Waals surface area contributed by atoms with Gasteiger partial charge in [-0.1, -0.05) is 76.5 Å². The van der Waals surface area contributed by atoms with Crippen LogP contribution < -0.4 is 22.1 Å². The van der Waals surface area contributed by atoms with Gasteiger partial charge in [-0.05, 0) is 41.4 Å². The summed E-state index contributed by atoms with van der Waals surface area (Å²) in [5.41, 5.74) is 11.2. The summed E-state index contributed by atoms with van der Waals surface area (Å²) in [5, 5.41) is 16.5. The number of urea groups is 1. The fourth-order valence-electron chi connectivity index (χ4n) is 5.22. The first-order valence-corrected chi connectivity index (χ1v) is 13.0. The van der Waals surface area contributed by atoms with Gasteiger partial charge in [-0.3, -0.25) is 20.2 Å². The average molecular weight is 513 g/mol. The summed E-state index contributed by atoms with van der Waals surface area (Å²) in [6.45, 7) is 6.45. The normalized spacial score (nSPS) is 16.5. The summed E-state index contributed by atoms with van der Waals surface area (Å²) in [6, 6.07) is 8.57. The minimum absolute atomic E-state index is 0.0986. The number of nitrogens with two attached hydrogens (primary N) is 2. The van der Waals surface area contributed by atoms with E-state index in [9.17, 15) is 19.5 Å². The van der Waals surface area contributed by atoms with Crippen LogP contribution in [0.1, 0.15) is 68.8 Å². The third-order valence-electron chi connectivity index (χ3n) is 6.98. The number of nitrogens with one attached hydrogen (secondary N) is 2. The number of anilines is 1. The molecule has 0 saturated heterocycles. The van der Waals surface area contributed by atoms with Gasteiger partial charge < -0.3 is 16.6 Å². The van der Waals surface area contributed by atoms with E-state index in [2.05, 4.69) is 10.6 Å². The molecule has 7 N–H and O–H groups in total. The van der Waals surface area contributed by atoms with Crippen molar-refractivity contribution in [2.24, 2.45) is 22.8 Å². The van der Waals surface area contributed by atoms with Crippen molar-refractivity contribution in [2.45, 2.75) is 58.4 Å². The largest absolute Gasteiger partial charge is 0.480 e. The zero-order chi connectivity index (χ0) is 26.5. The predicted octanol–water partition coefficient (Wildman–Crippen LogP) is 5.06. The van der Waals surface area contributed by atoms with Gasteiger partial charge >= 0.3 is 12.0 Å². The van der Waals surface area contributed by atoms with Gasteiger partial charge in [-0.25, -0.2) is 4.79 Å². The lowest BCUT2D eigenvalue weighted by Crippen LogP contribution is -2.65. The third kappa shape index (κ3) is 5.96. The highest BCUT2D eigenvalue weighted by Gasteiger charge is 2.53. The van der Waals surface area contributed by atoms with Crippen LogP contribution >= 0.6 is 11.3 Å². The second-order valence-electron chi connectivity index (χ2n) is 10.3. The molecule has 2 aromatic rings. The first-order chi connectivity index (χ1) is 17.0. The number of carbonyl (C=O) groups is 3. The second kappa shape index (κ2) is 11.3. The summed E-state index contributed by atoms with van der Waals surface area (Å²) >= 11 is 1.22. The lowest BCUT2D eigenvalue weighted by Gasteiger charge is -2.48. The molecule has 194 valence electrons. The summed E-state index contributed by atoms with van der Waals surface area (Å²) in [4.78, 5) is 36.3. The van der Waals surface area contributed by atoms with Gasteiger partial charge in [-0.2, -0.15) is 0 Å². The molecule has 0 unspecified atom stereocenters. The summed E-state index contributed by atoms with van der Waals surface area (Å²) in [5.74, 6) is -1.33. The Hall–Kier alpha value is -3.17. The smallest absolute Gasteiger partial charge is 0.324 e. The molecular formula is C27H36N4O4S. The number of aliphatic carboxylic acids is 1. The lowest BCUT2D eigenvalue weighted by atomic mass is 9.62. The van der Waals surface area contributed by atoms with Crippen LogP contribution in [0.15, 0.2) is 36.4 Å². The van der Waals surface area contributed by atoms with E-state index < -0.39 is 28.9 Å². The van der Waals surface area contributed by atoms with E-state index in [1.54, 1.807) is 6.07 Å². The van der Waals surface area contributed by atoms with Gasteiger partial charge in [0.15, 0.2) is 0 Å². The number of amides is 3. The van der Waals surface area contributed by atoms with Crippen molar-refractivity contribution in [3.05, 3.63) is 47.5 Å². The number of primary amides is 2. The Morgan fingerprint density at radius 3 is 2.25 bits per heavy atom. The zero-order valence-electron chi connectivity index (χ0n) is 21.1. The maximum atomic E-state index is 12.6. The minimum Gasteiger partial charge on any atom is -0.480 e. The highest BCUT2D eigenvalue weighted by molar-refractivity contribution is 7.20. The predicted molar refractivity (Wildman–Crippen MR) is 145 cm³/mol. The van der Waals surface area contributed by atoms with Crippen LogP contribution in [-0.4, -0.2) is 35.1 Å². The Morgan fingerprint density at radius 1 is 1.08 bits per heavy atom. The van der Waals surface area contributed by atoms with E-state index in [4.69, 9.17) is 11.5 Å². The molecule has 1 atom stereocenters.